The van der Waals surface area contributed by atoms with Crippen LogP contribution in [0.5, 0.6) is 5.75 Å². The number of fused-ring (bicyclic) bond motifs is 1. The zero-order valence-corrected chi connectivity index (χ0v) is 18.9. The molecular weight excluding hydrogens is 443 g/mol. The number of hydrogen-bond donors (Lipinski definition) is 3. The summed E-state index contributed by atoms with van der Waals surface area (Å²) in [7, 11) is 0. The smallest absolute Gasteiger partial charge is 0.154 e. The van der Waals surface area contributed by atoms with Crippen molar-refractivity contribution in [1.29, 1.82) is 0 Å². The van der Waals surface area contributed by atoms with Gasteiger partial charge in [-0.1, -0.05) is 42.7 Å². The molecule has 0 aliphatic carbocycles. The van der Waals surface area contributed by atoms with E-state index in [0.29, 0.717) is 10.8 Å². The molecule has 0 saturated heterocycles. The lowest BCUT2D eigenvalue weighted by atomic mass is 10.2. The number of nitrogens with zero attached hydrogens (tertiary/aromatic N) is 2. The maximum Gasteiger partial charge on any atom is 0.154 e. The van der Waals surface area contributed by atoms with Crippen molar-refractivity contribution >= 4 is 65.3 Å². The molecule has 162 valence electrons. The van der Waals surface area contributed by atoms with Gasteiger partial charge in [-0.25, -0.2) is 9.97 Å². The van der Waals surface area contributed by atoms with Crippen molar-refractivity contribution in [1.82, 2.24) is 9.97 Å². The summed E-state index contributed by atoms with van der Waals surface area (Å²) < 4.78 is 0. The summed E-state index contributed by atoms with van der Waals surface area (Å²) in [6.45, 7) is 1.55. The van der Waals surface area contributed by atoms with Gasteiger partial charge in [-0.3, -0.25) is 0 Å². The fraction of sp³-hybridized carbons (Fsp3) is 0.273. The molecule has 3 rings (SSSR count). The first-order chi connectivity index (χ1) is 13.7. The monoisotopic (exact) mass is 468 g/mol. The predicted octanol–water partition coefficient (Wildman–Crippen LogP) is 5.93. The lowest BCUT2D eigenvalue weighted by Crippen LogP contribution is -2.06. The minimum atomic E-state index is 0. The Bertz CT molecular complexity index is 949. The summed E-state index contributed by atoms with van der Waals surface area (Å²) in [5, 5.41) is 14.8. The normalized spacial score (nSPS) is 10.6. The molecule has 0 aliphatic rings. The van der Waals surface area contributed by atoms with Crippen molar-refractivity contribution in [3.8, 4) is 5.75 Å². The van der Waals surface area contributed by atoms with Crippen molar-refractivity contribution in [3.05, 3.63) is 58.9 Å². The average Bonchev–Trinajstić information content (AvgIpc) is 2.70. The second kappa shape index (κ2) is 13.3. The molecular formula is C22H27Cl3N4O. The van der Waals surface area contributed by atoms with Crippen LogP contribution in [0.15, 0.2) is 42.5 Å². The summed E-state index contributed by atoms with van der Waals surface area (Å²) >= 11 is 5.93. The fourth-order valence-electron chi connectivity index (χ4n) is 2.92. The lowest BCUT2D eigenvalue weighted by Gasteiger charge is -2.10. The number of hydrogen-bond acceptors (Lipinski definition) is 5. The Kier molecular flexibility index (Phi) is 11.5. The van der Waals surface area contributed by atoms with Gasteiger partial charge in [-0.2, -0.15) is 0 Å². The van der Waals surface area contributed by atoms with Gasteiger partial charge in [0, 0.05) is 17.0 Å². The van der Waals surface area contributed by atoms with E-state index in [0.717, 1.165) is 61.1 Å². The summed E-state index contributed by atoms with van der Waals surface area (Å²) in [6.07, 6.45) is 8.20. The molecule has 5 nitrogen and oxygen atoms in total. The molecule has 2 aromatic carbocycles. The third-order valence-corrected chi connectivity index (χ3v) is 4.67. The van der Waals surface area contributed by atoms with E-state index in [9.17, 15) is 5.11 Å². The molecule has 0 atom stereocenters. The van der Waals surface area contributed by atoms with Crippen LogP contribution in [0.4, 0.5) is 5.82 Å². The summed E-state index contributed by atoms with van der Waals surface area (Å²) in [5.74, 6) is 1.54. The number of anilines is 1. The first-order valence-corrected chi connectivity index (χ1v) is 9.92. The number of aromatic hydroxyl groups is 1. The van der Waals surface area contributed by atoms with Crippen LogP contribution in [-0.2, 0) is 0 Å². The number of nitrogens with one attached hydrogen (secondary N) is 1. The molecule has 0 amide bonds. The van der Waals surface area contributed by atoms with Crippen molar-refractivity contribution in [3.63, 3.8) is 0 Å². The molecule has 1 heterocycles. The van der Waals surface area contributed by atoms with Crippen LogP contribution in [0.3, 0.4) is 0 Å². The Morgan fingerprint density at radius 3 is 2.40 bits per heavy atom. The van der Waals surface area contributed by atoms with Gasteiger partial charge in [0.25, 0.3) is 0 Å². The van der Waals surface area contributed by atoms with Gasteiger partial charge in [0.05, 0.1) is 5.52 Å². The summed E-state index contributed by atoms with van der Waals surface area (Å²) in [4.78, 5) is 9.23. The van der Waals surface area contributed by atoms with E-state index in [1.54, 1.807) is 18.2 Å². The number of phenolic OH excluding ortho intramolecular Hbond substituents is 1. The van der Waals surface area contributed by atoms with Crippen molar-refractivity contribution in [2.45, 2.75) is 25.7 Å². The second-order valence-electron chi connectivity index (χ2n) is 6.65. The molecule has 30 heavy (non-hydrogen) atoms. The van der Waals surface area contributed by atoms with Crippen LogP contribution in [0.1, 0.15) is 37.1 Å². The Balaban J connectivity index is 0.00000225. The topological polar surface area (TPSA) is 84.1 Å². The Labute approximate surface area is 194 Å². The molecule has 0 aliphatic heterocycles. The van der Waals surface area contributed by atoms with E-state index in [1.807, 2.05) is 36.4 Å². The van der Waals surface area contributed by atoms with Gasteiger partial charge < -0.3 is 16.2 Å². The Morgan fingerprint density at radius 1 is 0.933 bits per heavy atom. The first-order valence-electron chi connectivity index (χ1n) is 9.54. The molecule has 3 aromatic rings. The number of halogens is 3. The minimum Gasteiger partial charge on any atom is -0.508 e. The lowest BCUT2D eigenvalue weighted by molar-refractivity contribution is 0.476. The first kappa shape index (κ1) is 26.0. The molecule has 4 N–H and O–H groups in total. The van der Waals surface area contributed by atoms with E-state index < -0.39 is 0 Å². The molecule has 0 saturated carbocycles. The highest BCUT2D eigenvalue weighted by Gasteiger charge is 2.07. The maximum absolute atomic E-state index is 9.85. The van der Waals surface area contributed by atoms with Crippen molar-refractivity contribution in [2.75, 3.05) is 18.4 Å². The third-order valence-electron chi connectivity index (χ3n) is 4.41. The number of benzene rings is 2. The second-order valence-corrected chi connectivity index (χ2v) is 7.08. The SMILES string of the molecule is Cl.Cl.NCCCCCCNc1nc(C=Cc2ccc(Cl)cc2)nc2ccc(O)cc12. The Hall–Kier alpha value is -2.05. The van der Waals surface area contributed by atoms with E-state index in [-0.39, 0.29) is 30.6 Å². The van der Waals surface area contributed by atoms with Crippen LogP contribution < -0.4 is 11.1 Å². The van der Waals surface area contributed by atoms with Crippen LogP contribution in [0, 0.1) is 0 Å². The van der Waals surface area contributed by atoms with Crippen molar-refractivity contribution in [2.24, 2.45) is 5.73 Å². The number of nitrogens with two attached hydrogens (primary N) is 1. The predicted molar refractivity (Wildman–Crippen MR) is 132 cm³/mol. The summed E-state index contributed by atoms with van der Waals surface area (Å²) in [5.41, 5.74) is 7.34. The van der Waals surface area contributed by atoms with Crippen LogP contribution in [0.2, 0.25) is 5.02 Å². The van der Waals surface area contributed by atoms with Gasteiger partial charge in [0.15, 0.2) is 5.82 Å². The maximum atomic E-state index is 9.85. The quantitative estimate of drug-likeness (QED) is 0.338. The number of aromatic nitrogens is 2. The molecule has 0 bridgehead atoms. The number of unbranched alkanes of at least 4 members (excludes halogenated alkanes) is 3. The highest BCUT2D eigenvalue weighted by molar-refractivity contribution is 6.30. The molecule has 0 unspecified atom stereocenters. The molecule has 0 fully saturated rings. The minimum absolute atomic E-state index is 0. The van der Waals surface area contributed by atoms with Crippen molar-refractivity contribution < 1.29 is 5.11 Å². The molecule has 0 spiro atoms. The van der Waals surface area contributed by atoms with Crippen LogP contribution >= 0.6 is 36.4 Å². The number of phenols is 1. The van der Waals surface area contributed by atoms with E-state index in [1.165, 1.54) is 0 Å². The molecule has 8 heteroatoms. The zero-order valence-electron chi connectivity index (χ0n) is 16.6. The van der Waals surface area contributed by atoms with Crippen LogP contribution in [0.25, 0.3) is 23.1 Å². The van der Waals surface area contributed by atoms with Gasteiger partial charge in [0.1, 0.15) is 11.6 Å². The third kappa shape index (κ3) is 7.65. The average molecular weight is 470 g/mol. The zero-order chi connectivity index (χ0) is 19.8. The standard InChI is InChI=1S/C22H25ClN4O.2ClH/c23-17-8-5-16(6-9-17)7-12-21-26-20-11-10-18(28)15-19(20)22(27-21)25-14-4-2-1-3-13-24;;/h5-12,15,28H,1-4,13-14,24H2,(H,25,26,27);2*1H. The number of rotatable bonds is 9. The van der Waals surface area contributed by atoms with Gasteiger partial charge in [-0.05, 0) is 61.4 Å². The molecule has 1 aromatic heterocycles. The van der Waals surface area contributed by atoms with E-state index >= 15 is 0 Å². The van der Waals surface area contributed by atoms with E-state index in [2.05, 4.69) is 15.3 Å². The molecule has 0 radical (unpaired) electrons. The van der Waals surface area contributed by atoms with Gasteiger partial charge in [-0.15, -0.1) is 24.8 Å². The van der Waals surface area contributed by atoms with E-state index in [4.69, 9.17) is 17.3 Å². The van der Waals surface area contributed by atoms with Gasteiger partial charge >= 0.3 is 0 Å². The highest BCUT2D eigenvalue weighted by Crippen LogP contribution is 2.25. The van der Waals surface area contributed by atoms with Crippen LogP contribution in [-0.4, -0.2) is 28.2 Å². The summed E-state index contributed by atoms with van der Waals surface area (Å²) in [6, 6.07) is 12.7. The Morgan fingerprint density at radius 2 is 1.67 bits per heavy atom. The van der Waals surface area contributed by atoms with Gasteiger partial charge in [0.2, 0.25) is 0 Å². The highest BCUT2D eigenvalue weighted by atomic mass is 35.5. The fourth-order valence-corrected chi connectivity index (χ4v) is 3.04. The largest absolute Gasteiger partial charge is 0.508 e.